The lowest BCUT2D eigenvalue weighted by Crippen LogP contribution is -2.34. The van der Waals surface area contributed by atoms with Crippen LogP contribution in [-0.2, 0) is 20.9 Å². The standard InChI is InChI=1S/C21H21FN2O6/c1-24(12-14-5-6-17-18(9-14)29-8-7-28-17)19(25)13-30-20(26)11-23-21(27)15-3-2-4-16(22)10-15/h2-6,9-10H,7-8,11-13H2,1H3,(H,23,27). The molecule has 0 radical (unpaired) electrons. The third kappa shape index (κ3) is 5.69. The summed E-state index contributed by atoms with van der Waals surface area (Å²) < 4.78 is 29.0. The Labute approximate surface area is 172 Å². The summed E-state index contributed by atoms with van der Waals surface area (Å²) in [6.07, 6.45) is 0. The fourth-order valence-electron chi connectivity index (χ4n) is 2.74. The molecular weight excluding hydrogens is 395 g/mol. The van der Waals surface area contributed by atoms with Crippen LogP contribution in [-0.4, -0.2) is 56.1 Å². The fraction of sp³-hybridized carbons (Fsp3) is 0.286. The van der Waals surface area contributed by atoms with Gasteiger partial charge in [0, 0.05) is 19.2 Å². The molecule has 0 aromatic heterocycles. The van der Waals surface area contributed by atoms with Crippen molar-refractivity contribution in [3.05, 3.63) is 59.4 Å². The average Bonchev–Trinajstić information content (AvgIpc) is 2.75. The number of fused-ring (bicyclic) bond motifs is 1. The molecule has 1 aliphatic heterocycles. The van der Waals surface area contributed by atoms with Gasteiger partial charge >= 0.3 is 5.97 Å². The molecule has 2 aromatic rings. The number of esters is 1. The number of carbonyl (C=O) groups is 3. The number of benzene rings is 2. The highest BCUT2D eigenvalue weighted by Gasteiger charge is 2.16. The molecule has 9 heteroatoms. The summed E-state index contributed by atoms with van der Waals surface area (Å²) in [7, 11) is 1.58. The van der Waals surface area contributed by atoms with Gasteiger partial charge in [0.2, 0.25) is 0 Å². The van der Waals surface area contributed by atoms with E-state index in [0.717, 1.165) is 11.6 Å². The van der Waals surface area contributed by atoms with Crippen molar-refractivity contribution in [1.82, 2.24) is 10.2 Å². The molecule has 1 N–H and O–H groups in total. The molecular formula is C21H21FN2O6. The van der Waals surface area contributed by atoms with Crippen molar-refractivity contribution in [3.63, 3.8) is 0 Å². The SMILES string of the molecule is CN(Cc1ccc2c(c1)OCCO2)C(=O)COC(=O)CNC(=O)c1cccc(F)c1. The monoisotopic (exact) mass is 416 g/mol. The van der Waals surface area contributed by atoms with Gasteiger partial charge in [-0.3, -0.25) is 14.4 Å². The lowest BCUT2D eigenvalue weighted by Gasteiger charge is -2.21. The first-order chi connectivity index (χ1) is 14.4. The van der Waals surface area contributed by atoms with E-state index in [1.54, 1.807) is 19.2 Å². The largest absolute Gasteiger partial charge is 0.486 e. The first kappa shape index (κ1) is 21.1. The van der Waals surface area contributed by atoms with Crippen LogP contribution >= 0.6 is 0 Å². The molecule has 0 atom stereocenters. The van der Waals surface area contributed by atoms with Gasteiger partial charge in [-0.15, -0.1) is 0 Å². The van der Waals surface area contributed by atoms with Gasteiger partial charge in [-0.2, -0.15) is 0 Å². The van der Waals surface area contributed by atoms with Crippen LogP contribution in [0.4, 0.5) is 4.39 Å². The van der Waals surface area contributed by atoms with E-state index >= 15 is 0 Å². The third-order valence-corrected chi connectivity index (χ3v) is 4.29. The number of carbonyl (C=O) groups excluding carboxylic acids is 3. The Balaban J connectivity index is 1.42. The number of rotatable bonds is 7. The first-order valence-electron chi connectivity index (χ1n) is 9.24. The molecule has 3 rings (SSSR count). The van der Waals surface area contributed by atoms with Gasteiger partial charge in [-0.25, -0.2) is 4.39 Å². The average molecular weight is 416 g/mol. The minimum atomic E-state index is -0.777. The second-order valence-corrected chi connectivity index (χ2v) is 6.58. The van der Waals surface area contributed by atoms with Crippen LogP contribution in [0.3, 0.4) is 0 Å². The molecule has 0 bridgehead atoms. The Hall–Kier alpha value is -3.62. The van der Waals surface area contributed by atoms with Crippen LogP contribution in [0.2, 0.25) is 0 Å². The topological polar surface area (TPSA) is 94.2 Å². The molecule has 0 unspecified atom stereocenters. The molecule has 0 saturated carbocycles. The minimum absolute atomic E-state index is 0.0815. The second-order valence-electron chi connectivity index (χ2n) is 6.58. The predicted molar refractivity (Wildman–Crippen MR) is 104 cm³/mol. The maximum Gasteiger partial charge on any atom is 0.325 e. The summed E-state index contributed by atoms with van der Waals surface area (Å²) >= 11 is 0. The number of hydrogen-bond donors (Lipinski definition) is 1. The molecule has 30 heavy (non-hydrogen) atoms. The van der Waals surface area contributed by atoms with Crippen LogP contribution < -0.4 is 14.8 Å². The van der Waals surface area contributed by atoms with Crippen molar-refractivity contribution < 1.29 is 33.0 Å². The van der Waals surface area contributed by atoms with Gasteiger partial charge in [-0.05, 0) is 35.9 Å². The molecule has 0 aliphatic carbocycles. The number of halogens is 1. The molecule has 0 spiro atoms. The predicted octanol–water partition coefficient (Wildman–Crippen LogP) is 1.53. The number of likely N-dealkylation sites (N-methyl/N-ethyl adjacent to an activating group) is 1. The van der Waals surface area contributed by atoms with E-state index in [1.807, 2.05) is 6.07 Å². The molecule has 2 amide bonds. The van der Waals surface area contributed by atoms with Crippen molar-refractivity contribution in [2.45, 2.75) is 6.54 Å². The van der Waals surface area contributed by atoms with Crippen LogP contribution in [0, 0.1) is 5.82 Å². The van der Waals surface area contributed by atoms with Gasteiger partial charge < -0.3 is 24.4 Å². The molecule has 1 heterocycles. The van der Waals surface area contributed by atoms with E-state index in [-0.39, 0.29) is 5.56 Å². The Morgan fingerprint density at radius 1 is 1.10 bits per heavy atom. The highest BCUT2D eigenvalue weighted by molar-refractivity contribution is 5.96. The Morgan fingerprint density at radius 2 is 1.87 bits per heavy atom. The van der Waals surface area contributed by atoms with Gasteiger partial charge in [0.15, 0.2) is 18.1 Å². The summed E-state index contributed by atoms with van der Waals surface area (Å²) in [4.78, 5) is 37.3. The van der Waals surface area contributed by atoms with Crippen LogP contribution in [0.25, 0.3) is 0 Å². The minimum Gasteiger partial charge on any atom is -0.486 e. The number of amides is 2. The third-order valence-electron chi connectivity index (χ3n) is 4.29. The van der Waals surface area contributed by atoms with Crippen molar-refractivity contribution in [3.8, 4) is 11.5 Å². The molecule has 0 saturated heterocycles. The summed E-state index contributed by atoms with van der Waals surface area (Å²) in [6, 6.07) is 10.5. The smallest absolute Gasteiger partial charge is 0.325 e. The molecule has 0 fully saturated rings. The second kappa shape index (κ2) is 9.73. The van der Waals surface area contributed by atoms with Gasteiger partial charge in [0.05, 0.1) is 0 Å². The van der Waals surface area contributed by atoms with E-state index in [9.17, 15) is 18.8 Å². The lowest BCUT2D eigenvalue weighted by atomic mass is 10.2. The zero-order valence-electron chi connectivity index (χ0n) is 16.4. The quantitative estimate of drug-likeness (QED) is 0.688. The molecule has 2 aromatic carbocycles. The van der Waals surface area contributed by atoms with Crippen molar-refractivity contribution in [1.29, 1.82) is 0 Å². The van der Waals surface area contributed by atoms with Crippen molar-refractivity contribution in [2.24, 2.45) is 0 Å². The normalized spacial score (nSPS) is 12.1. The molecule has 158 valence electrons. The van der Waals surface area contributed by atoms with E-state index in [0.29, 0.717) is 31.3 Å². The number of nitrogens with zero attached hydrogens (tertiary/aromatic N) is 1. The van der Waals surface area contributed by atoms with Gasteiger partial charge in [0.25, 0.3) is 11.8 Å². The number of nitrogens with one attached hydrogen (secondary N) is 1. The van der Waals surface area contributed by atoms with E-state index in [4.69, 9.17) is 14.2 Å². The summed E-state index contributed by atoms with van der Waals surface area (Å²) in [5, 5.41) is 2.32. The van der Waals surface area contributed by atoms with E-state index in [2.05, 4.69) is 5.32 Å². The Kier molecular flexibility index (Phi) is 6.84. The zero-order valence-corrected chi connectivity index (χ0v) is 16.4. The fourth-order valence-corrected chi connectivity index (χ4v) is 2.74. The van der Waals surface area contributed by atoms with Gasteiger partial charge in [-0.1, -0.05) is 12.1 Å². The van der Waals surface area contributed by atoms with Gasteiger partial charge in [0.1, 0.15) is 25.6 Å². The Morgan fingerprint density at radius 3 is 2.63 bits per heavy atom. The van der Waals surface area contributed by atoms with Crippen molar-refractivity contribution >= 4 is 17.8 Å². The van der Waals surface area contributed by atoms with Crippen LogP contribution in [0.5, 0.6) is 11.5 Å². The summed E-state index contributed by atoms with van der Waals surface area (Å²) in [6.45, 7) is 0.364. The van der Waals surface area contributed by atoms with Crippen LogP contribution in [0.15, 0.2) is 42.5 Å². The number of hydrogen-bond acceptors (Lipinski definition) is 6. The number of ether oxygens (including phenoxy) is 3. The Bertz CT molecular complexity index is 949. The first-order valence-corrected chi connectivity index (χ1v) is 9.24. The van der Waals surface area contributed by atoms with E-state index < -0.39 is 36.8 Å². The maximum absolute atomic E-state index is 13.1. The zero-order chi connectivity index (χ0) is 21.5. The highest BCUT2D eigenvalue weighted by Crippen LogP contribution is 2.31. The molecule has 8 nitrogen and oxygen atoms in total. The summed E-state index contributed by atoms with van der Waals surface area (Å²) in [5.74, 6) is -1.07. The van der Waals surface area contributed by atoms with E-state index in [1.165, 1.54) is 23.1 Å². The highest BCUT2D eigenvalue weighted by atomic mass is 19.1. The van der Waals surface area contributed by atoms with Crippen LogP contribution in [0.1, 0.15) is 15.9 Å². The lowest BCUT2D eigenvalue weighted by molar-refractivity contribution is -0.150. The van der Waals surface area contributed by atoms with Crippen molar-refractivity contribution in [2.75, 3.05) is 33.4 Å². The molecule has 1 aliphatic rings. The summed E-state index contributed by atoms with van der Waals surface area (Å²) in [5.41, 5.74) is 0.918. The maximum atomic E-state index is 13.1.